The second-order valence-corrected chi connectivity index (χ2v) is 11.8. The van der Waals surface area contributed by atoms with Gasteiger partial charge >= 0.3 is 0 Å². The van der Waals surface area contributed by atoms with Crippen molar-refractivity contribution in [2.75, 3.05) is 38.7 Å². The molecular formula is C30H35ClFN3O7S. The Morgan fingerprint density at radius 2 is 1.56 bits per heavy atom. The number of nitrogens with zero attached hydrogens (tertiary/aromatic N) is 2. The van der Waals surface area contributed by atoms with E-state index in [-0.39, 0.29) is 33.6 Å². The minimum absolute atomic E-state index is 0.00274. The van der Waals surface area contributed by atoms with Gasteiger partial charge in [-0.3, -0.25) is 13.9 Å². The molecule has 0 aromatic heterocycles. The molecule has 1 unspecified atom stereocenters. The largest absolute Gasteiger partial charge is 0.495 e. The molecule has 2 amide bonds. The van der Waals surface area contributed by atoms with Crippen LogP contribution in [-0.4, -0.2) is 65.6 Å². The number of sulfonamides is 1. The Labute approximate surface area is 256 Å². The zero-order chi connectivity index (χ0) is 31.7. The fourth-order valence-electron chi connectivity index (χ4n) is 4.24. The third-order valence-electron chi connectivity index (χ3n) is 6.61. The van der Waals surface area contributed by atoms with Crippen LogP contribution in [0.15, 0.2) is 65.6 Å². The Morgan fingerprint density at radius 3 is 2.16 bits per heavy atom. The van der Waals surface area contributed by atoms with Gasteiger partial charge in [-0.25, -0.2) is 12.8 Å². The number of hydrogen-bond donors (Lipinski definition) is 1. The number of rotatable bonds is 14. The monoisotopic (exact) mass is 635 g/mol. The zero-order valence-corrected chi connectivity index (χ0v) is 26.2. The van der Waals surface area contributed by atoms with E-state index >= 15 is 0 Å². The Bertz CT molecular complexity index is 1540. The molecule has 0 aliphatic carbocycles. The van der Waals surface area contributed by atoms with Crippen LogP contribution in [0.2, 0.25) is 5.02 Å². The van der Waals surface area contributed by atoms with Crippen molar-refractivity contribution in [3.05, 3.63) is 77.1 Å². The summed E-state index contributed by atoms with van der Waals surface area (Å²) in [7, 11) is -0.322. The zero-order valence-electron chi connectivity index (χ0n) is 24.6. The number of carbonyl (C=O) groups is 2. The minimum Gasteiger partial charge on any atom is -0.495 e. The maximum absolute atomic E-state index is 14.2. The first-order chi connectivity index (χ1) is 20.5. The molecule has 10 nitrogen and oxygen atoms in total. The van der Waals surface area contributed by atoms with E-state index in [9.17, 15) is 22.4 Å². The number of methoxy groups -OCH3 is 3. The lowest BCUT2D eigenvalue weighted by Gasteiger charge is -2.32. The number of carbonyl (C=O) groups excluding carboxylic acids is 2. The smallest absolute Gasteiger partial charge is 0.265 e. The van der Waals surface area contributed by atoms with Crippen molar-refractivity contribution in [2.45, 2.75) is 37.8 Å². The predicted molar refractivity (Wildman–Crippen MR) is 162 cm³/mol. The average molecular weight is 636 g/mol. The lowest BCUT2D eigenvalue weighted by molar-refractivity contribution is -0.139. The maximum Gasteiger partial charge on any atom is 0.265 e. The first kappa shape index (κ1) is 33.5. The highest BCUT2D eigenvalue weighted by Gasteiger charge is 2.34. The molecular weight excluding hydrogens is 601 g/mol. The summed E-state index contributed by atoms with van der Waals surface area (Å²) in [5.41, 5.74) is 0.544. The fraction of sp³-hybridized carbons (Fsp3) is 0.333. The van der Waals surface area contributed by atoms with Crippen molar-refractivity contribution in [1.82, 2.24) is 10.2 Å². The van der Waals surface area contributed by atoms with E-state index in [1.54, 1.807) is 6.92 Å². The lowest BCUT2D eigenvalue weighted by Crippen LogP contribution is -2.51. The molecule has 3 aromatic carbocycles. The first-order valence-electron chi connectivity index (χ1n) is 13.4. The van der Waals surface area contributed by atoms with E-state index < -0.39 is 40.2 Å². The molecule has 1 N–H and O–H groups in total. The van der Waals surface area contributed by atoms with E-state index in [0.717, 1.165) is 4.31 Å². The molecule has 0 aliphatic heterocycles. The summed E-state index contributed by atoms with van der Waals surface area (Å²) in [4.78, 5) is 28.1. The van der Waals surface area contributed by atoms with Gasteiger partial charge in [0.15, 0.2) is 11.5 Å². The Balaban J connectivity index is 2.13. The molecule has 3 aromatic rings. The Hall–Kier alpha value is -4.03. The molecule has 0 aliphatic rings. The fourth-order valence-corrected chi connectivity index (χ4v) is 5.84. The van der Waals surface area contributed by atoms with Crippen LogP contribution in [0.1, 0.15) is 25.8 Å². The van der Waals surface area contributed by atoms with Crippen molar-refractivity contribution in [3.63, 3.8) is 0 Å². The Morgan fingerprint density at radius 1 is 0.930 bits per heavy atom. The number of halogens is 2. The van der Waals surface area contributed by atoms with Gasteiger partial charge in [0, 0.05) is 24.2 Å². The van der Waals surface area contributed by atoms with Gasteiger partial charge in [-0.2, -0.15) is 0 Å². The van der Waals surface area contributed by atoms with Crippen molar-refractivity contribution in [3.8, 4) is 17.2 Å². The van der Waals surface area contributed by atoms with E-state index in [4.69, 9.17) is 25.8 Å². The lowest BCUT2D eigenvalue weighted by atomic mass is 10.1. The third kappa shape index (κ3) is 8.08. The topological polar surface area (TPSA) is 114 Å². The quantitative estimate of drug-likeness (QED) is 0.274. The summed E-state index contributed by atoms with van der Waals surface area (Å²) >= 11 is 6.27. The van der Waals surface area contributed by atoms with E-state index in [1.807, 2.05) is 6.92 Å². The maximum atomic E-state index is 14.2. The van der Waals surface area contributed by atoms with Gasteiger partial charge in [-0.05, 0) is 61.4 Å². The van der Waals surface area contributed by atoms with Crippen LogP contribution in [0.25, 0.3) is 0 Å². The van der Waals surface area contributed by atoms with Gasteiger partial charge < -0.3 is 24.4 Å². The molecule has 0 spiro atoms. The van der Waals surface area contributed by atoms with Crippen LogP contribution in [-0.2, 0) is 26.2 Å². The third-order valence-corrected chi connectivity index (χ3v) is 8.60. The predicted octanol–water partition coefficient (Wildman–Crippen LogP) is 4.64. The highest BCUT2D eigenvalue weighted by molar-refractivity contribution is 7.92. The van der Waals surface area contributed by atoms with Crippen molar-refractivity contribution >= 4 is 39.1 Å². The normalized spacial score (nSPS) is 11.8. The first-order valence-corrected chi connectivity index (χ1v) is 15.2. The molecule has 0 saturated heterocycles. The van der Waals surface area contributed by atoms with Gasteiger partial charge in [-0.15, -0.1) is 0 Å². The van der Waals surface area contributed by atoms with Crippen LogP contribution in [0.5, 0.6) is 17.2 Å². The van der Waals surface area contributed by atoms with Crippen molar-refractivity contribution in [1.29, 1.82) is 0 Å². The SMILES string of the molecule is CCCNC(=O)C(C)N(Cc1ccc(F)cc1)C(=O)CN(c1cc(Cl)ccc1OC)S(=O)(=O)c1ccc(OC)c(OC)c1. The number of anilines is 1. The number of ether oxygens (including phenoxy) is 3. The number of hydrogen-bond acceptors (Lipinski definition) is 7. The van der Waals surface area contributed by atoms with Gasteiger partial charge in [0.1, 0.15) is 24.2 Å². The van der Waals surface area contributed by atoms with Crippen molar-refractivity contribution < 1.29 is 36.6 Å². The highest BCUT2D eigenvalue weighted by Crippen LogP contribution is 2.37. The standard InChI is InChI=1S/C30H35ClFN3O7S/c1-6-15-33-30(37)20(2)34(18-21-7-10-23(32)11-8-21)29(36)19-35(25-16-22(31)9-13-26(25)40-3)43(38,39)24-12-14-27(41-4)28(17-24)42-5/h7-14,16-17,20H,6,15,18-19H2,1-5H3,(H,33,37). The second-order valence-electron chi connectivity index (χ2n) is 9.46. The molecule has 0 saturated carbocycles. The van der Waals surface area contributed by atoms with Gasteiger partial charge in [0.2, 0.25) is 11.8 Å². The number of amides is 2. The molecule has 0 radical (unpaired) electrons. The van der Waals surface area contributed by atoms with E-state index in [1.165, 1.54) is 86.9 Å². The minimum atomic E-state index is -4.47. The molecule has 1 atom stereocenters. The molecule has 13 heteroatoms. The molecule has 0 heterocycles. The van der Waals surface area contributed by atoms with Crippen LogP contribution < -0.4 is 23.8 Å². The molecule has 232 valence electrons. The summed E-state index contributed by atoms with van der Waals surface area (Å²) in [6, 6.07) is 12.9. The summed E-state index contributed by atoms with van der Waals surface area (Å²) in [6.07, 6.45) is 0.677. The average Bonchev–Trinajstić information content (AvgIpc) is 3.01. The van der Waals surface area contributed by atoms with E-state index in [0.29, 0.717) is 24.3 Å². The number of nitrogens with one attached hydrogen (secondary N) is 1. The van der Waals surface area contributed by atoms with Crippen molar-refractivity contribution in [2.24, 2.45) is 0 Å². The van der Waals surface area contributed by atoms with Crippen LogP contribution in [0.4, 0.5) is 10.1 Å². The van der Waals surface area contributed by atoms with Crippen LogP contribution >= 0.6 is 11.6 Å². The molecule has 0 fully saturated rings. The van der Waals surface area contributed by atoms with Gasteiger partial charge in [-0.1, -0.05) is 30.7 Å². The summed E-state index contributed by atoms with van der Waals surface area (Å²) in [6.45, 7) is 3.01. The van der Waals surface area contributed by atoms with Crippen LogP contribution in [0, 0.1) is 5.82 Å². The van der Waals surface area contributed by atoms with Gasteiger partial charge in [0.25, 0.3) is 10.0 Å². The Kier molecular flexibility index (Phi) is 11.6. The van der Waals surface area contributed by atoms with E-state index in [2.05, 4.69) is 5.32 Å². The summed E-state index contributed by atoms with van der Waals surface area (Å²) < 4.78 is 58.9. The molecule has 3 rings (SSSR count). The summed E-state index contributed by atoms with van der Waals surface area (Å²) in [5, 5.41) is 2.96. The van der Waals surface area contributed by atoms with Crippen LogP contribution in [0.3, 0.4) is 0 Å². The van der Waals surface area contributed by atoms with Gasteiger partial charge in [0.05, 0.1) is 31.9 Å². The second kappa shape index (κ2) is 14.9. The molecule has 0 bridgehead atoms. The molecule has 43 heavy (non-hydrogen) atoms. The number of benzene rings is 3. The highest BCUT2D eigenvalue weighted by atomic mass is 35.5. The summed E-state index contributed by atoms with van der Waals surface area (Å²) in [5.74, 6) is -0.981.